The monoisotopic (exact) mass is 389 g/mol. The van der Waals surface area contributed by atoms with Crippen molar-refractivity contribution < 1.29 is 14.3 Å². The predicted octanol–water partition coefficient (Wildman–Crippen LogP) is 1.78. The van der Waals surface area contributed by atoms with Gasteiger partial charge in [-0.2, -0.15) is 0 Å². The quantitative estimate of drug-likeness (QED) is 0.671. The van der Waals surface area contributed by atoms with Crippen LogP contribution in [-0.2, 0) is 16.0 Å². The van der Waals surface area contributed by atoms with Crippen LogP contribution in [0.3, 0.4) is 0 Å². The number of carbonyl (C=O) groups excluding carboxylic acids is 2. The maximum atomic E-state index is 12.0. The molecule has 1 aliphatic rings. The number of rotatable bonds is 7. The summed E-state index contributed by atoms with van der Waals surface area (Å²) in [6.45, 7) is 4.73. The van der Waals surface area contributed by atoms with E-state index in [0.717, 1.165) is 32.8 Å². The molecule has 0 spiro atoms. The molecule has 1 aromatic heterocycles. The van der Waals surface area contributed by atoms with Crippen molar-refractivity contribution in [3.8, 4) is 0 Å². The molecule has 27 heavy (non-hydrogen) atoms. The van der Waals surface area contributed by atoms with Crippen LogP contribution in [-0.4, -0.2) is 61.2 Å². The summed E-state index contributed by atoms with van der Waals surface area (Å²) < 4.78 is 5.30. The van der Waals surface area contributed by atoms with Crippen LogP contribution in [0.5, 0.6) is 0 Å². The highest BCUT2D eigenvalue weighted by atomic mass is 32.1. The molecule has 0 radical (unpaired) electrons. The first-order valence-electron chi connectivity index (χ1n) is 8.83. The van der Waals surface area contributed by atoms with Gasteiger partial charge in [0.25, 0.3) is 0 Å². The highest BCUT2D eigenvalue weighted by Gasteiger charge is 2.12. The Balaban J connectivity index is 1.38. The lowest BCUT2D eigenvalue weighted by Gasteiger charge is -2.26. The zero-order chi connectivity index (χ0) is 18.9. The molecule has 1 saturated heterocycles. The van der Waals surface area contributed by atoms with E-state index in [1.807, 2.05) is 18.2 Å². The van der Waals surface area contributed by atoms with E-state index in [4.69, 9.17) is 4.74 Å². The van der Waals surface area contributed by atoms with Crippen molar-refractivity contribution in [2.24, 2.45) is 0 Å². The van der Waals surface area contributed by atoms with Gasteiger partial charge < -0.3 is 15.4 Å². The number of nitrogens with zero attached hydrogens (tertiary/aromatic N) is 2. The number of urea groups is 1. The van der Waals surface area contributed by atoms with Gasteiger partial charge in [0.15, 0.2) is 5.13 Å². The van der Waals surface area contributed by atoms with Crippen molar-refractivity contribution >= 4 is 34.1 Å². The molecule has 1 fully saturated rings. The van der Waals surface area contributed by atoms with Crippen LogP contribution in [0, 0.1) is 0 Å². The first-order valence-corrected chi connectivity index (χ1v) is 9.71. The van der Waals surface area contributed by atoms with Crippen molar-refractivity contribution in [3.63, 3.8) is 0 Å². The maximum Gasteiger partial charge on any atom is 0.325 e. The minimum absolute atomic E-state index is 0.0751. The molecule has 1 aliphatic heterocycles. The number of para-hydroxylation sites is 1. The molecule has 8 nitrogen and oxygen atoms in total. The summed E-state index contributed by atoms with van der Waals surface area (Å²) in [6, 6.07) is 8.80. The Morgan fingerprint density at radius 2 is 1.93 bits per heavy atom. The third-order valence-corrected chi connectivity index (χ3v) is 4.81. The predicted molar refractivity (Wildman–Crippen MR) is 105 cm³/mol. The van der Waals surface area contributed by atoms with Gasteiger partial charge in [-0.05, 0) is 12.1 Å². The normalized spacial score (nSPS) is 14.5. The van der Waals surface area contributed by atoms with Gasteiger partial charge in [0.1, 0.15) is 0 Å². The highest BCUT2D eigenvalue weighted by Crippen LogP contribution is 2.16. The van der Waals surface area contributed by atoms with E-state index in [0.29, 0.717) is 23.1 Å². The Labute approximate surface area is 161 Å². The van der Waals surface area contributed by atoms with Gasteiger partial charge in [0, 0.05) is 37.2 Å². The van der Waals surface area contributed by atoms with Crippen molar-refractivity contribution in [1.29, 1.82) is 0 Å². The van der Waals surface area contributed by atoms with Gasteiger partial charge in [-0.3, -0.25) is 15.0 Å². The molecule has 2 aromatic rings. The lowest BCUT2D eigenvalue weighted by atomic mass is 10.3. The third-order valence-electron chi connectivity index (χ3n) is 4.00. The zero-order valence-electron chi connectivity index (χ0n) is 14.9. The second-order valence-electron chi connectivity index (χ2n) is 6.07. The van der Waals surface area contributed by atoms with Crippen LogP contribution in [0.1, 0.15) is 5.69 Å². The van der Waals surface area contributed by atoms with Crippen LogP contribution >= 0.6 is 11.3 Å². The number of amides is 3. The molecule has 1 aromatic carbocycles. The topological polar surface area (TPSA) is 95.6 Å². The molecule has 0 bridgehead atoms. The van der Waals surface area contributed by atoms with Crippen molar-refractivity contribution in [1.82, 2.24) is 15.2 Å². The van der Waals surface area contributed by atoms with Gasteiger partial charge >= 0.3 is 6.03 Å². The number of carbonyl (C=O) groups is 2. The maximum absolute atomic E-state index is 12.0. The molecule has 3 N–H and O–H groups in total. The second-order valence-corrected chi connectivity index (χ2v) is 6.93. The van der Waals surface area contributed by atoms with Gasteiger partial charge in [0.05, 0.1) is 25.3 Å². The molecule has 144 valence electrons. The minimum Gasteiger partial charge on any atom is -0.379 e. The zero-order valence-corrected chi connectivity index (χ0v) is 15.8. The molecule has 2 heterocycles. The van der Waals surface area contributed by atoms with Crippen LogP contribution in [0.4, 0.5) is 15.6 Å². The largest absolute Gasteiger partial charge is 0.379 e. The summed E-state index contributed by atoms with van der Waals surface area (Å²) in [6.07, 6.45) is 0.196. The molecule has 3 amide bonds. The van der Waals surface area contributed by atoms with Gasteiger partial charge in [-0.25, -0.2) is 9.78 Å². The number of hydrogen-bond donors (Lipinski definition) is 3. The fourth-order valence-electron chi connectivity index (χ4n) is 2.63. The molecule has 0 atom stereocenters. The number of ether oxygens (including phenoxy) is 1. The first-order chi connectivity index (χ1) is 13.2. The number of nitrogens with one attached hydrogen (secondary N) is 3. The molecule has 0 saturated carbocycles. The summed E-state index contributed by atoms with van der Waals surface area (Å²) in [5.41, 5.74) is 1.34. The average Bonchev–Trinajstić information content (AvgIpc) is 3.10. The Hall–Kier alpha value is -2.49. The SMILES string of the molecule is O=C(Cc1csc(NC(=O)Nc2ccccc2)n1)NCCN1CCOCC1. The fraction of sp³-hybridized carbons (Fsp3) is 0.389. The summed E-state index contributed by atoms with van der Waals surface area (Å²) in [5.74, 6) is -0.0751. The fourth-order valence-corrected chi connectivity index (χ4v) is 3.34. The van der Waals surface area contributed by atoms with Crippen molar-refractivity contribution in [3.05, 3.63) is 41.4 Å². The average molecular weight is 389 g/mol. The van der Waals surface area contributed by atoms with Crippen LogP contribution in [0.2, 0.25) is 0 Å². The number of hydrogen-bond acceptors (Lipinski definition) is 6. The molecular formula is C18H23N5O3S. The van der Waals surface area contributed by atoms with Crippen molar-refractivity contribution in [2.75, 3.05) is 50.0 Å². The minimum atomic E-state index is -0.364. The van der Waals surface area contributed by atoms with Gasteiger partial charge in [0.2, 0.25) is 5.91 Å². The Morgan fingerprint density at radius 3 is 2.70 bits per heavy atom. The highest BCUT2D eigenvalue weighted by molar-refractivity contribution is 7.14. The first kappa shape index (κ1) is 19.3. The van der Waals surface area contributed by atoms with Crippen LogP contribution in [0.15, 0.2) is 35.7 Å². The van der Waals surface area contributed by atoms with Gasteiger partial charge in [-0.15, -0.1) is 11.3 Å². The summed E-state index contributed by atoms with van der Waals surface area (Å²) in [7, 11) is 0. The molecular weight excluding hydrogens is 366 g/mol. The lowest BCUT2D eigenvalue weighted by molar-refractivity contribution is -0.120. The number of anilines is 2. The van der Waals surface area contributed by atoms with E-state index in [2.05, 4.69) is 25.8 Å². The van der Waals surface area contributed by atoms with E-state index in [9.17, 15) is 9.59 Å². The number of benzene rings is 1. The Kier molecular flexibility index (Phi) is 7.14. The van der Waals surface area contributed by atoms with E-state index >= 15 is 0 Å². The van der Waals surface area contributed by atoms with Crippen LogP contribution in [0.25, 0.3) is 0 Å². The second kappa shape index (κ2) is 10.0. The Morgan fingerprint density at radius 1 is 1.15 bits per heavy atom. The van der Waals surface area contributed by atoms with E-state index in [-0.39, 0.29) is 18.4 Å². The smallest absolute Gasteiger partial charge is 0.325 e. The summed E-state index contributed by atoms with van der Waals surface area (Å²) in [5, 5.41) is 10.5. The third kappa shape index (κ3) is 6.63. The van der Waals surface area contributed by atoms with Crippen molar-refractivity contribution in [2.45, 2.75) is 6.42 Å². The standard InChI is InChI=1S/C18H23N5O3S/c24-16(19-6-7-23-8-10-26-11-9-23)12-15-13-27-18(21-15)22-17(25)20-14-4-2-1-3-5-14/h1-5,13H,6-12H2,(H,19,24)(H2,20,21,22,25). The molecule has 9 heteroatoms. The van der Waals surface area contributed by atoms with E-state index in [1.165, 1.54) is 11.3 Å². The number of aromatic nitrogens is 1. The molecule has 0 aliphatic carbocycles. The lowest BCUT2D eigenvalue weighted by Crippen LogP contribution is -2.41. The van der Waals surface area contributed by atoms with Crippen LogP contribution < -0.4 is 16.0 Å². The van der Waals surface area contributed by atoms with Gasteiger partial charge in [-0.1, -0.05) is 18.2 Å². The van der Waals surface area contributed by atoms with E-state index in [1.54, 1.807) is 17.5 Å². The summed E-state index contributed by atoms with van der Waals surface area (Å²) >= 11 is 1.29. The van der Waals surface area contributed by atoms with E-state index < -0.39 is 0 Å². The molecule has 3 rings (SSSR count). The number of morpholine rings is 1. The number of thiazole rings is 1. The Bertz CT molecular complexity index is 746. The molecule has 0 unspecified atom stereocenters. The summed E-state index contributed by atoms with van der Waals surface area (Å²) in [4.78, 5) is 30.5.